The summed E-state index contributed by atoms with van der Waals surface area (Å²) < 4.78 is 112. The van der Waals surface area contributed by atoms with Crippen molar-refractivity contribution in [3.8, 4) is 27.9 Å². The second-order valence-electron chi connectivity index (χ2n) is 10.1. The van der Waals surface area contributed by atoms with Gasteiger partial charge in [0.1, 0.15) is 24.3 Å². The number of aromatic nitrogens is 10. The van der Waals surface area contributed by atoms with Gasteiger partial charge in [-0.25, -0.2) is 8.78 Å². The minimum Gasteiger partial charge on any atom is -0.263 e. The van der Waals surface area contributed by atoms with Crippen LogP contribution in [0.4, 0.5) is 35.1 Å². The molecule has 0 aliphatic rings. The Morgan fingerprint density at radius 1 is 0.872 bits per heavy atom. The van der Waals surface area contributed by atoms with E-state index in [-0.39, 0.29) is 50.8 Å². The van der Waals surface area contributed by atoms with Gasteiger partial charge in [0.2, 0.25) is 0 Å². The van der Waals surface area contributed by atoms with Crippen molar-refractivity contribution in [2.45, 2.75) is 31.4 Å². The lowest BCUT2D eigenvalue weighted by molar-refractivity contribution is -0.143. The van der Waals surface area contributed by atoms with E-state index in [2.05, 4.69) is 35.7 Å². The van der Waals surface area contributed by atoms with Gasteiger partial charge in [-0.2, -0.15) is 41.2 Å². The molecule has 1 aromatic carbocycles. The Balaban J connectivity index is 1.40. The van der Waals surface area contributed by atoms with E-state index < -0.39 is 42.3 Å². The molecule has 0 fully saturated rings. The highest BCUT2D eigenvalue weighted by atomic mass is 35.5. The van der Waals surface area contributed by atoms with Gasteiger partial charge in [0.05, 0.1) is 34.8 Å². The van der Waals surface area contributed by atoms with E-state index in [9.17, 15) is 30.7 Å². The summed E-state index contributed by atoms with van der Waals surface area (Å²) in [6, 6.07) is 6.85. The fourth-order valence-corrected chi connectivity index (χ4v) is 4.96. The van der Waals surface area contributed by atoms with Crippen LogP contribution in [0.15, 0.2) is 73.7 Å². The normalized spacial score (nSPS) is 12.9. The first-order valence-electron chi connectivity index (χ1n) is 13.3. The van der Waals surface area contributed by atoms with Crippen LogP contribution in [0, 0.1) is 11.6 Å². The molecule has 0 bridgehead atoms. The van der Waals surface area contributed by atoms with Crippen molar-refractivity contribution in [1.29, 1.82) is 0 Å². The van der Waals surface area contributed by atoms with Crippen molar-refractivity contribution in [3.05, 3.63) is 107 Å². The first kappa shape index (κ1) is 31.7. The topological polar surface area (TPSA) is 105 Å². The number of benzene rings is 1. The van der Waals surface area contributed by atoms with Gasteiger partial charge in [-0.3, -0.25) is 19.3 Å². The number of hydrogen-bond donors (Lipinski definition) is 0. The number of halogens is 9. The SMILES string of the molecule is Fc1cn(CC(F)(F)F)nc1CC(c1ccc(-c2c(-n3cnnn3)ccc(Cl)c2F)cn1)n1cc(-c2ccnc(C(F)(F)F)c2)cn1. The highest BCUT2D eigenvalue weighted by Gasteiger charge is 2.33. The molecule has 1 unspecified atom stereocenters. The quantitative estimate of drug-likeness (QED) is 0.169. The monoisotopic (exact) mass is 680 g/mol. The summed E-state index contributed by atoms with van der Waals surface area (Å²) in [4.78, 5) is 7.76. The molecule has 1 atom stereocenters. The molecule has 19 heteroatoms. The third kappa shape index (κ3) is 6.81. The van der Waals surface area contributed by atoms with E-state index in [0.717, 1.165) is 12.3 Å². The molecular formula is C28H17ClF8N10. The van der Waals surface area contributed by atoms with Gasteiger partial charge >= 0.3 is 12.4 Å². The maximum atomic E-state index is 15.3. The van der Waals surface area contributed by atoms with E-state index in [0.29, 0.717) is 10.9 Å². The molecule has 0 spiro atoms. The van der Waals surface area contributed by atoms with E-state index in [1.165, 1.54) is 64.6 Å². The van der Waals surface area contributed by atoms with Crippen molar-refractivity contribution < 1.29 is 35.1 Å². The van der Waals surface area contributed by atoms with Crippen LogP contribution >= 0.6 is 11.6 Å². The number of pyridine rings is 2. The van der Waals surface area contributed by atoms with E-state index in [1.807, 2.05) is 0 Å². The van der Waals surface area contributed by atoms with Crippen LogP contribution in [-0.2, 0) is 19.1 Å². The lowest BCUT2D eigenvalue weighted by atomic mass is 10.0. The van der Waals surface area contributed by atoms with Gasteiger partial charge in [-0.15, -0.1) is 5.10 Å². The summed E-state index contributed by atoms with van der Waals surface area (Å²) in [6.45, 7) is -1.54. The third-order valence-corrected chi connectivity index (χ3v) is 7.20. The minimum absolute atomic E-state index is 0.00290. The molecule has 5 heterocycles. The lowest BCUT2D eigenvalue weighted by Gasteiger charge is -2.18. The second kappa shape index (κ2) is 12.2. The molecule has 0 saturated heterocycles. The van der Waals surface area contributed by atoms with Crippen molar-refractivity contribution in [2.24, 2.45) is 0 Å². The largest absolute Gasteiger partial charge is 0.433 e. The van der Waals surface area contributed by atoms with Gasteiger partial charge in [0.15, 0.2) is 11.6 Å². The molecule has 0 amide bonds. The average Bonchev–Trinajstić information content (AvgIpc) is 3.79. The smallest absolute Gasteiger partial charge is 0.263 e. The van der Waals surface area contributed by atoms with E-state index in [1.54, 1.807) is 0 Å². The zero-order chi connectivity index (χ0) is 33.5. The summed E-state index contributed by atoms with van der Waals surface area (Å²) >= 11 is 6.04. The Kier molecular flexibility index (Phi) is 8.20. The number of nitrogens with zero attached hydrogens (tertiary/aromatic N) is 10. The first-order chi connectivity index (χ1) is 22.3. The third-order valence-electron chi connectivity index (χ3n) is 6.90. The molecule has 242 valence electrons. The molecule has 6 rings (SSSR count). The highest BCUT2D eigenvalue weighted by molar-refractivity contribution is 6.31. The molecular weight excluding hydrogens is 664 g/mol. The zero-order valence-electron chi connectivity index (χ0n) is 23.3. The summed E-state index contributed by atoms with van der Waals surface area (Å²) in [7, 11) is 0. The highest BCUT2D eigenvalue weighted by Crippen LogP contribution is 2.35. The predicted molar refractivity (Wildman–Crippen MR) is 148 cm³/mol. The van der Waals surface area contributed by atoms with Gasteiger partial charge in [-0.1, -0.05) is 17.7 Å². The predicted octanol–water partition coefficient (Wildman–Crippen LogP) is 6.52. The minimum atomic E-state index is -4.71. The Labute approximate surface area is 263 Å². The summed E-state index contributed by atoms with van der Waals surface area (Å²) in [5.41, 5.74) is -0.496. The molecule has 10 nitrogen and oxygen atoms in total. The molecule has 47 heavy (non-hydrogen) atoms. The first-order valence-corrected chi connectivity index (χ1v) is 13.7. The van der Waals surface area contributed by atoms with E-state index >= 15 is 4.39 Å². The molecule has 0 N–H and O–H groups in total. The number of rotatable bonds is 8. The zero-order valence-corrected chi connectivity index (χ0v) is 24.0. The lowest BCUT2D eigenvalue weighted by Crippen LogP contribution is -2.19. The van der Waals surface area contributed by atoms with Crippen molar-refractivity contribution >= 4 is 11.6 Å². The Morgan fingerprint density at radius 3 is 2.36 bits per heavy atom. The number of hydrogen-bond acceptors (Lipinski definition) is 7. The summed E-state index contributed by atoms with van der Waals surface area (Å²) in [5.74, 6) is -1.82. The van der Waals surface area contributed by atoms with Crippen LogP contribution in [0.25, 0.3) is 27.9 Å². The standard InChI is InChI=1S/C28H17ClF8N10/c29-18-2-4-22(47-14-40-43-44-47)25(26(18)31)16-1-3-20(39-9-16)23(8-21-19(30)12-45(42-21)13-27(32,33)34)46-11-17(10-41-46)15-5-6-38-24(7-15)28(35,36)37/h1-7,9-12,14,23H,8,13H2. The molecule has 0 aliphatic carbocycles. The van der Waals surface area contributed by atoms with Crippen molar-refractivity contribution in [3.63, 3.8) is 0 Å². The van der Waals surface area contributed by atoms with Gasteiger partial charge in [0.25, 0.3) is 0 Å². The molecule has 0 radical (unpaired) electrons. The molecule has 5 aromatic heterocycles. The van der Waals surface area contributed by atoms with Gasteiger partial charge in [0, 0.05) is 41.7 Å². The maximum Gasteiger partial charge on any atom is 0.433 e. The van der Waals surface area contributed by atoms with Crippen LogP contribution in [0.3, 0.4) is 0 Å². The van der Waals surface area contributed by atoms with Crippen LogP contribution < -0.4 is 0 Å². The fraction of sp³-hybridized carbons (Fsp3) is 0.179. The molecule has 6 aromatic rings. The number of tetrazole rings is 1. The van der Waals surface area contributed by atoms with Crippen LogP contribution in [0.1, 0.15) is 23.1 Å². The molecule has 0 saturated carbocycles. The van der Waals surface area contributed by atoms with Crippen molar-refractivity contribution in [2.75, 3.05) is 0 Å². The van der Waals surface area contributed by atoms with Crippen molar-refractivity contribution in [1.82, 2.24) is 49.7 Å². The van der Waals surface area contributed by atoms with Crippen LogP contribution in [0.2, 0.25) is 5.02 Å². The Hall–Kier alpha value is -5.26. The van der Waals surface area contributed by atoms with Crippen LogP contribution in [-0.4, -0.2) is 55.9 Å². The fourth-order valence-electron chi connectivity index (χ4n) is 4.81. The molecule has 0 aliphatic heterocycles. The second-order valence-corrected chi connectivity index (χ2v) is 10.5. The van der Waals surface area contributed by atoms with Gasteiger partial charge in [-0.05, 0) is 46.3 Å². The van der Waals surface area contributed by atoms with E-state index in [4.69, 9.17) is 11.6 Å². The average molecular weight is 681 g/mol. The van der Waals surface area contributed by atoms with Gasteiger partial charge < -0.3 is 0 Å². The van der Waals surface area contributed by atoms with Crippen LogP contribution in [0.5, 0.6) is 0 Å². The Bertz CT molecular complexity index is 2020. The summed E-state index contributed by atoms with van der Waals surface area (Å²) in [5, 5.41) is 18.7. The Morgan fingerprint density at radius 2 is 1.68 bits per heavy atom. The summed E-state index contributed by atoms with van der Waals surface area (Å²) in [6.07, 6.45) is -3.01. The number of alkyl halides is 6. The maximum absolute atomic E-state index is 15.3.